The van der Waals surface area contributed by atoms with Crippen LogP contribution in [0.4, 0.5) is 0 Å². The Bertz CT molecular complexity index is 1400. The highest BCUT2D eigenvalue weighted by Gasteiger charge is 2.12. The Morgan fingerprint density at radius 3 is 2.11 bits per heavy atom. The van der Waals surface area contributed by atoms with Gasteiger partial charge in [0.15, 0.2) is 0 Å². The van der Waals surface area contributed by atoms with Crippen LogP contribution in [0, 0.1) is 18.8 Å². The highest BCUT2D eigenvalue weighted by atomic mass is 14.6. The summed E-state index contributed by atoms with van der Waals surface area (Å²) in [5, 5.41) is 4.91. The quantitative estimate of drug-likeness (QED) is 0.194. The van der Waals surface area contributed by atoms with Crippen LogP contribution >= 0.6 is 0 Å². The van der Waals surface area contributed by atoms with Gasteiger partial charge >= 0.3 is 0 Å². The van der Waals surface area contributed by atoms with Gasteiger partial charge in [0.25, 0.3) is 0 Å². The molecule has 1 nitrogen and oxygen atoms in total. The molecule has 1 heterocycles. The Balaban J connectivity index is 1.75. The summed E-state index contributed by atoms with van der Waals surface area (Å²) in [5.74, 6) is 6.55. The summed E-state index contributed by atoms with van der Waals surface area (Å²) in [6.45, 7) is 1.98. The van der Waals surface area contributed by atoms with E-state index in [1.807, 2.05) is 31.2 Å². The summed E-state index contributed by atoms with van der Waals surface area (Å²) < 4.78 is 0. The number of benzene rings is 3. The molecule has 0 bridgehead atoms. The summed E-state index contributed by atoms with van der Waals surface area (Å²) in [7, 11) is 0. The van der Waals surface area contributed by atoms with Crippen LogP contribution in [0.2, 0.25) is 0 Å². The van der Waals surface area contributed by atoms with Crippen LogP contribution in [0.25, 0.3) is 33.7 Å². The van der Waals surface area contributed by atoms with Gasteiger partial charge in [-0.05, 0) is 76.0 Å². The van der Waals surface area contributed by atoms with Crippen LogP contribution in [0.1, 0.15) is 27.9 Å². The second kappa shape index (κ2) is 6.17. The Morgan fingerprint density at radius 2 is 1.37 bits per heavy atom. The maximum absolute atomic E-state index is 4.23. The normalized spacial score (nSPS) is 11.4. The van der Waals surface area contributed by atoms with E-state index in [1.54, 1.807) is 6.20 Å². The largest absolute Gasteiger partial charge is 0.262 e. The molecule has 0 atom stereocenters. The van der Waals surface area contributed by atoms with Gasteiger partial charge < -0.3 is 0 Å². The molecule has 1 aliphatic carbocycles. The molecule has 0 N–H and O–H groups in total. The molecule has 0 fully saturated rings. The fraction of sp³-hybridized carbons (Fsp3) is 0.0385. The average molecular weight is 341 g/mol. The fourth-order valence-electron chi connectivity index (χ4n) is 3.63. The van der Waals surface area contributed by atoms with E-state index >= 15 is 0 Å². The first-order chi connectivity index (χ1) is 13.3. The molecule has 0 aliphatic heterocycles. The third-order valence-electron chi connectivity index (χ3n) is 4.87. The smallest absolute Gasteiger partial charge is 0.0385 e. The van der Waals surface area contributed by atoms with Crippen LogP contribution in [0.5, 0.6) is 0 Å². The van der Waals surface area contributed by atoms with E-state index in [1.165, 1.54) is 32.7 Å². The summed E-state index contributed by atoms with van der Waals surface area (Å²) >= 11 is 0. The molecule has 0 radical (unpaired) electrons. The van der Waals surface area contributed by atoms with E-state index in [0.717, 1.165) is 16.8 Å². The molecule has 27 heavy (non-hydrogen) atoms. The predicted molar refractivity (Wildman–Crippen MR) is 112 cm³/mol. The van der Waals surface area contributed by atoms with Gasteiger partial charge in [-0.25, -0.2) is 0 Å². The maximum atomic E-state index is 4.23. The molecular weight excluding hydrogens is 326 g/mol. The van der Waals surface area contributed by atoms with Crippen molar-refractivity contribution in [2.45, 2.75) is 6.92 Å². The van der Waals surface area contributed by atoms with Crippen molar-refractivity contribution in [3.63, 3.8) is 0 Å². The van der Waals surface area contributed by atoms with E-state index in [4.69, 9.17) is 0 Å². The Labute approximate surface area is 158 Å². The van der Waals surface area contributed by atoms with Gasteiger partial charge in [-0.2, -0.15) is 0 Å². The van der Waals surface area contributed by atoms with Gasteiger partial charge in [-0.3, -0.25) is 4.98 Å². The number of pyridine rings is 1. The van der Waals surface area contributed by atoms with Crippen molar-refractivity contribution < 1.29 is 0 Å². The Hall–Kier alpha value is -3.81. The second-order valence-electron chi connectivity index (χ2n) is 6.65. The van der Waals surface area contributed by atoms with Crippen molar-refractivity contribution in [2.75, 3.05) is 0 Å². The standard InChI is InChI=1S/C26H15N/c1-18-16-20(14-15-27-18)11-10-19-12-13-25-23-8-3-2-6-21(23)22-7-4-5-9-24(22)26(25)17-19/h4-9,12-17H,1H3. The van der Waals surface area contributed by atoms with E-state index in [-0.39, 0.29) is 0 Å². The van der Waals surface area contributed by atoms with Gasteiger partial charge in [0.2, 0.25) is 0 Å². The van der Waals surface area contributed by atoms with Crippen molar-refractivity contribution in [2.24, 2.45) is 0 Å². The van der Waals surface area contributed by atoms with E-state index < -0.39 is 0 Å². The van der Waals surface area contributed by atoms with E-state index in [9.17, 15) is 0 Å². The number of aryl methyl sites for hydroxylation is 1. The third kappa shape index (κ3) is 2.67. The number of aromatic nitrogens is 1. The third-order valence-corrected chi connectivity index (χ3v) is 4.87. The first kappa shape index (κ1) is 15.4. The monoisotopic (exact) mass is 341 g/mol. The van der Waals surface area contributed by atoms with Crippen LogP contribution < -0.4 is 0 Å². The minimum Gasteiger partial charge on any atom is -0.262 e. The number of rotatable bonds is 0. The molecule has 0 amide bonds. The lowest BCUT2D eigenvalue weighted by Crippen LogP contribution is -1.90. The molecule has 1 aromatic heterocycles. The van der Waals surface area contributed by atoms with Crippen LogP contribution in [-0.2, 0) is 0 Å². The van der Waals surface area contributed by atoms with Gasteiger partial charge in [0.05, 0.1) is 0 Å². The second-order valence-corrected chi connectivity index (χ2v) is 6.65. The molecular formula is C26H15N. The molecule has 0 spiro atoms. The lowest BCUT2D eigenvalue weighted by molar-refractivity contribution is 1.19. The maximum Gasteiger partial charge on any atom is 0.0385 e. The van der Waals surface area contributed by atoms with Crippen molar-refractivity contribution in [3.8, 4) is 11.8 Å². The number of hydrogen-bond donors (Lipinski definition) is 0. The summed E-state index contributed by atoms with van der Waals surface area (Å²) in [4.78, 5) is 4.23. The first-order valence-electron chi connectivity index (χ1n) is 8.90. The topological polar surface area (TPSA) is 12.9 Å². The van der Waals surface area contributed by atoms with Crippen molar-refractivity contribution in [1.82, 2.24) is 4.98 Å². The van der Waals surface area contributed by atoms with Crippen molar-refractivity contribution in [3.05, 3.63) is 100 Å². The van der Waals surface area contributed by atoms with Crippen LogP contribution in [0.15, 0.2) is 72.3 Å². The molecule has 0 unspecified atom stereocenters. The molecule has 0 saturated heterocycles. The van der Waals surface area contributed by atoms with Crippen molar-refractivity contribution >= 4 is 33.7 Å². The molecule has 5 rings (SSSR count). The van der Waals surface area contributed by atoms with Gasteiger partial charge in [0, 0.05) is 23.0 Å². The fourth-order valence-corrected chi connectivity index (χ4v) is 3.63. The minimum atomic E-state index is 0.978. The van der Waals surface area contributed by atoms with Gasteiger partial charge in [0.1, 0.15) is 0 Å². The highest BCUT2D eigenvalue weighted by molar-refractivity contribution is 6.15. The highest BCUT2D eigenvalue weighted by Crippen LogP contribution is 2.35. The SMILES string of the molecule is Cc1cc(C#Cc2ccc3c4c(c5ccccc5c3c2)C=C=C=C4)ccn1. The first-order valence-corrected chi connectivity index (χ1v) is 8.90. The van der Waals surface area contributed by atoms with Gasteiger partial charge in [-0.1, -0.05) is 53.6 Å². The molecule has 4 aromatic rings. The lowest BCUT2D eigenvalue weighted by atomic mass is 9.90. The zero-order valence-electron chi connectivity index (χ0n) is 14.9. The molecule has 3 aromatic carbocycles. The summed E-state index contributed by atoms with van der Waals surface area (Å²) in [6.07, 6.45) is 5.85. The van der Waals surface area contributed by atoms with Crippen LogP contribution in [0.3, 0.4) is 0 Å². The van der Waals surface area contributed by atoms with E-state index in [0.29, 0.717) is 0 Å². The molecule has 1 aliphatic rings. The molecule has 0 saturated carbocycles. The zero-order valence-corrected chi connectivity index (χ0v) is 14.9. The predicted octanol–water partition coefficient (Wildman–Crippen LogP) is 5.89. The van der Waals surface area contributed by atoms with Crippen LogP contribution in [-0.4, -0.2) is 4.98 Å². The van der Waals surface area contributed by atoms with Gasteiger partial charge in [-0.15, -0.1) is 0 Å². The lowest BCUT2D eigenvalue weighted by Gasteiger charge is -2.13. The molecule has 124 valence electrons. The Morgan fingerprint density at radius 1 is 0.704 bits per heavy atom. The Kier molecular flexibility index (Phi) is 3.53. The zero-order chi connectivity index (χ0) is 18.2. The number of nitrogens with zero attached hydrogens (tertiary/aromatic N) is 1. The average Bonchev–Trinajstić information content (AvgIpc) is 2.72. The summed E-state index contributed by atoms with van der Waals surface area (Å²) in [6, 6.07) is 18.9. The van der Waals surface area contributed by atoms with Crippen molar-refractivity contribution in [1.29, 1.82) is 0 Å². The summed E-state index contributed by atoms with van der Waals surface area (Å²) in [5.41, 5.74) is 11.6. The minimum absolute atomic E-state index is 0.978. The number of hydrogen-bond acceptors (Lipinski definition) is 1. The molecule has 1 heteroatoms. The number of fused-ring (bicyclic) bond motifs is 6. The van der Waals surface area contributed by atoms with E-state index in [2.05, 4.69) is 70.8 Å².